The van der Waals surface area contributed by atoms with Crippen LogP contribution in [0, 0.1) is 10.1 Å². The summed E-state index contributed by atoms with van der Waals surface area (Å²) in [5.41, 5.74) is 0.609. The fraction of sp³-hybridized carbons (Fsp3) is 0.462. The summed E-state index contributed by atoms with van der Waals surface area (Å²) >= 11 is 0. The molecule has 1 atom stereocenters. The van der Waals surface area contributed by atoms with Crippen molar-refractivity contribution in [3.63, 3.8) is 0 Å². The maximum atomic E-state index is 13.4. The highest BCUT2D eigenvalue weighted by Gasteiger charge is 2.31. The maximum Gasteiger partial charge on any atom is 0.311 e. The van der Waals surface area contributed by atoms with E-state index in [2.05, 4.69) is 5.32 Å². The van der Waals surface area contributed by atoms with Crippen LogP contribution in [0.25, 0.3) is 0 Å². The van der Waals surface area contributed by atoms with Gasteiger partial charge in [-0.25, -0.2) is 0 Å². The molecule has 2 aromatic carbocycles. The number of ether oxygens (including phenoxy) is 3. The van der Waals surface area contributed by atoms with Gasteiger partial charge in [0, 0.05) is 24.7 Å². The Morgan fingerprint density at radius 2 is 1.86 bits per heavy atom. The molecule has 1 N–H and O–H groups in total. The van der Waals surface area contributed by atoms with E-state index in [1.165, 1.54) is 30.2 Å². The second-order valence-electron chi connectivity index (χ2n) is 8.67. The number of amides is 2. The lowest BCUT2D eigenvalue weighted by atomic mass is 10.1. The van der Waals surface area contributed by atoms with Crippen LogP contribution in [0.1, 0.15) is 44.6 Å². The molecule has 1 aliphatic carbocycles. The summed E-state index contributed by atoms with van der Waals surface area (Å²) < 4.78 is 16.0. The molecule has 0 heterocycles. The summed E-state index contributed by atoms with van der Waals surface area (Å²) in [6.07, 6.45) is 4.48. The predicted octanol–water partition coefficient (Wildman–Crippen LogP) is 3.86. The van der Waals surface area contributed by atoms with Gasteiger partial charge in [-0.3, -0.25) is 19.7 Å². The van der Waals surface area contributed by atoms with Crippen molar-refractivity contribution in [3.05, 3.63) is 58.1 Å². The van der Waals surface area contributed by atoms with Gasteiger partial charge in [0.1, 0.15) is 17.5 Å². The second kappa shape index (κ2) is 12.8. The molecule has 0 radical (unpaired) electrons. The number of hydrogen-bond donors (Lipinski definition) is 1. The zero-order chi connectivity index (χ0) is 26.1. The monoisotopic (exact) mass is 499 g/mol. The summed E-state index contributed by atoms with van der Waals surface area (Å²) in [4.78, 5) is 38.7. The van der Waals surface area contributed by atoms with E-state index in [0.29, 0.717) is 12.2 Å². The predicted molar refractivity (Wildman–Crippen MR) is 133 cm³/mol. The first-order valence-electron chi connectivity index (χ1n) is 12.0. The highest BCUT2D eigenvalue weighted by atomic mass is 16.6. The van der Waals surface area contributed by atoms with Crippen LogP contribution in [0.15, 0.2) is 42.5 Å². The fourth-order valence-electron chi connectivity index (χ4n) is 4.38. The number of methoxy groups -OCH3 is 2. The summed E-state index contributed by atoms with van der Waals surface area (Å²) in [5.74, 6) is 0.356. The van der Waals surface area contributed by atoms with Crippen LogP contribution in [0.2, 0.25) is 0 Å². The Hall–Kier alpha value is -3.82. The molecule has 10 heteroatoms. The average Bonchev–Trinajstić information content (AvgIpc) is 3.39. The molecule has 0 aliphatic heterocycles. The number of hydrogen-bond acceptors (Lipinski definition) is 7. The third kappa shape index (κ3) is 6.87. The van der Waals surface area contributed by atoms with Gasteiger partial charge in [-0.2, -0.15) is 0 Å². The highest BCUT2D eigenvalue weighted by molar-refractivity contribution is 5.88. The first-order valence-corrected chi connectivity index (χ1v) is 12.0. The van der Waals surface area contributed by atoms with E-state index in [9.17, 15) is 19.7 Å². The first-order chi connectivity index (χ1) is 17.4. The smallest absolute Gasteiger partial charge is 0.311 e. The number of nitro groups is 1. The minimum absolute atomic E-state index is 0.0283. The van der Waals surface area contributed by atoms with E-state index in [0.717, 1.165) is 31.2 Å². The lowest BCUT2D eigenvalue weighted by molar-refractivity contribution is -0.385. The van der Waals surface area contributed by atoms with Gasteiger partial charge in [-0.1, -0.05) is 31.9 Å². The average molecular weight is 500 g/mol. The Labute approximate surface area is 210 Å². The zero-order valence-electron chi connectivity index (χ0n) is 20.9. The van der Waals surface area contributed by atoms with Crippen molar-refractivity contribution in [2.75, 3.05) is 20.8 Å². The van der Waals surface area contributed by atoms with E-state index in [1.807, 2.05) is 31.2 Å². The SMILES string of the molecule is CC[C@@H](C(=O)NC1CCCC1)N(Cc1cccc(OC)c1)C(=O)COc1ccc([N+](=O)[O-])c(OC)c1. The number of nitro benzene ring substituents is 1. The Morgan fingerprint density at radius 3 is 2.50 bits per heavy atom. The molecule has 0 saturated heterocycles. The van der Waals surface area contributed by atoms with Gasteiger partial charge in [0.25, 0.3) is 5.91 Å². The zero-order valence-corrected chi connectivity index (χ0v) is 20.9. The van der Waals surface area contributed by atoms with Crippen molar-refractivity contribution < 1.29 is 28.7 Å². The molecule has 0 bridgehead atoms. The van der Waals surface area contributed by atoms with Gasteiger partial charge in [0.15, 0.2) is 6.61 Å². The van der Waals surface area contributed by atoms with Gasteiger partial charge >= 0.3 is 5.69 Å². The number of carbonyl (C=O) groups excluding carboxylic acids is 2. The van der Waals surface area contributed by atoms with E-state index in [1.54, 1.807) is 7.11 Å². The molecule has 2 amide bonds. The normalized spacial score (nSPS) is 14.1. The molecule has 1 aliphatic rings. The van der Waals surface area contributed by atoms with Gasteiger partial charge in [-0.05, 0) is 43.0 Å². The third-order valence-electron chi connectivity index (χ3n) is 6.28. The minimum atomic E-state index is -0.681. The fourth-order valence-corrected chi connectivity index (χ4v) is 4.38. The number of rotatable bonds is 12. The number of nitrogens with one attached hydrogen (secondary N) is 1. The minimum Gasteiger partial charge on any atom is -0.497 e. The molecule has 0 aromatic heterocycles. The molecule has 36 heavy (non-hydrogen) atoms. The van der Waals surface area contributed by atoms with Crippen molar-refractivity contribution in [1.29, 1.82) is 0 Å². The van der Waals surface area contributed by atoms with E-state index in [-0.39, 0.29) is 48.2 Å². The van der Waals surface area contributed by atoms with Crippen LogP contribution < -0.4 is 19.5 Å². The molecule has 0 spiro atoms. The summed E-state index contributed by atoms with van der Waals surface area (Å²) in [7, 11) is 2.89. The summed E-state index contributed by atoms with van der Waals surface area (Å²) in [6.45, 7) is 1.71. The molecule has 2 aromatic rings. The Kier molecular flexibility index (Phi) is 9.49. The van der Waals surface area contributed by atoms with Crippen LogP contribution in [-0.2, 0) is 16.1 Å². The molecule has 10 nitrogen and oxygen atoms in total. The van der Waals surface area contributed by atoms with Crippen LogP contribution in [0.5, 0.6) is 17.2 Å². The second-order valence-corrected chi connectivity index (χ2v) is 8.67. The molecule has 3 rings (SSSR count). The standard InChI is InChI=1S/C26H33N3O7/c1-4-22(26(31)27-19-9-5-6-10-19)28(16-18-8-7-11-20(14-18)34-2)25(30)17-36-21-12-13-23(29(32)33)24(15-21)35-3/h7-8,11-15,19,22H,4-6,9-10,16-17H2,1-3H3,(H,27,31)/t22-/m0/s1. The quantitative estimate of drug-likeness (QED) is 0.348. The van der Waals surface area contributed by atoms with Crippen LogP contribution >= 0.6 is 0 Å². The van der Waals surface area contributed by atoms with E-state index >= 15 is 0 Å². The van der Waals surface area contributed by atoms with Gasteiger partial charge in [-0.15, -0.1) is 0 Å². The van der Waals surface area contributed by atoms with Crippen molar-refractivity contribution in [2.45, 2.75) is 57.7 Å². The third-order valence-corrected chi connectivity index (χ3v) is 6.28. The largest absolute Gasteiger partial charge is 0.497 e. The van der Waals surface area contributed by atoms with Crippen LogP contribution in [0.4, 0.5) is 5.69 Å². The molecule has 194 valence electrons. The maximum absolute atomic E-state index is 13.4. The molecular weight excluding hydrogens is 466 g/mol. The van der Waals surface area contributed by atoms with E-state index in [4.69, 9.17) is 14.2 Å². The first kappa shape index (κ1) is 26.8. The van der Waals surface area contributed by atoms with Crippen molar-refractivity contribution in [1.82, 2.24) is 10.2 Å². The highest BCUT2D eigenvalue weighted by Crippen LogP contribution is 2.31. The molecular formula is C26H33N3O7. The number of carbonyl (C=O) groups is 2. The van der Waals surface area contributed by atoms with Crippen LogP contribution in [0.3, 0.4) is 0 Å². The summed E-state index contributed by atoms with van der Waals surface area (Å²) in [6, 6.07) is 10.8. The van der Waals surface area contributed by atoms with Crippen molar-refractivity contribution in [2.24, 2.45) is 0 Å². The molecule has 1 fully saturated rings. The van der Waals surface area contributed by atoms with Gasteiger partial charge in [0.2, 0.25) is 11.7 Å². The summed E-state index contributed by atoms with van der Waals surface area (Å²) in [5, 5.41) is 14.2. The number of nitrogens with zero attached hydrogens (tertiary/aromatic N) is 2. The molecule has 1 saturated carbocycles. The van der Waals surface area contributed by atoms with Crippen molar-refractivity contribution >= 4 is 17.5 Å². The Morgan fingerprint density at radius 1 is 1.11 bits per heavy atom. The van der Waals surface area contributed by atoms with Crippen molar-refractivity contribution in [3.8, 4) is 17.2 Å². The number of benzene rings is 2. The van der Waals surface area contributed by atoms with E-state index < -0.39 is 11.0 Å². The lowest BCUT2D eigenvalue weighted by Crippen LogP contribution is -2.52. The van der Waals surface area contributed by atoms with Crippen LogP contribution in [-0.4, -0.2) is 54.5 Å². The van der Waals surface area contributed by atoms with Gasteiger partial charge < -0.3 is 24.4 Å². The topological polar surface area (TPSA) is 120 Å². The lowest BCUT2D eigenvalue weighted by Gasteiger charge is -2.31. The Balaban J connectivity index is 1.79. The molecule has 0 unspecified atom stereocenters. The van der Waals surface area contributed by atoms with Gasteiger partial charge in [0.05, 0.1) is 19.1 Å². The Bertz CT molecular complexity index is 1070.